The third-order valence-corrected chi connectivity index (χ3v) is 8.03. The number of carbonyl (C=O) groups is 1. The monoisotopic (exact) mass is 544 g/mol. The normalized spacial score (nSPS) is 17.2. The first-order chi connectivity index (χ1) is 20.2. The molecule has 4 N–H and O–H groups in total. The molecule has 5 aromatic rings. The Kier molecular flexibility index (Phi) is 6.68. The lowest BCUT2D eigenvalue weighted by Gasteiger charge is -2.32. The van der Waals surface area contributed by atoms with Crippen molar-refractivity contribution in [3.05, 3.63) is 107 Å². The second-order valence-corrected chi connectivity index (χ2v) is 10.7. The molecule has 0 aliphatic carbocycles. The molecule has 2 atom stereocenters. The highest BCUT2D eigenvalue weighted by molar-refractivity contribution is 5.98. The van der Waals surface area contributed by atoms with Crippen molar-refractivity contribution in [1.29, 1.82) is 0 Å². The first-order valence-corrected chi connectivity index (χ1v) is 14.2. The van der Waals surface area contributed by atoms with Gasteiger partial charge in [-0.2, -0.15) is 15.1 Å². The van der Waals surface area contributed by atoms with Gasteiger partial charge in [-0.3, -0.25) is 9.89 Å². The van der Waals surface area contributed by atoms with Crippen molar-refractivity contribution in [3.63, 3.8) is 0 Å². The lowest BCUT2D eigenvalue weighted by atomic mass is 9.96. The molecule has 2 unspecified atom stereocenters. The van der Waals surface area contributed by atoms with Gasteiger partial charge in [0, 0.05) is 44.3 Å². The number of nitrogens with zero attached hydrogens (tertiary/aromatic N) is 4. The van der Waals surface area contributed by atoms with E-state index in [2.05, 4.69) is 67.4 Å². The maximum Gasteiger partial charge on any atom is 0.231 e. The lowest BCUT2D eigenvalue weighted by Crippen LogP contribution is -2.40. The number of benzene rings is 3. The second-order valence-electron chi connectivity index (χ2n) is 10.7. The quantitative estimate of drug-likeness (QED) is 0.211. The van der Waals surface area contributed by atoms with E-state index in [1.54, 1.807) is 0 Å². The van der Waals surface area contributed by atoms with Crippen LogP contribution in [0.1, 0.15) is 40.6 Å². The van der Waals surface area contributed by atoms with Gasteiger partial charge in [-0.25, -0.2) is 0 Å². The van der Waals surface area contributed by atoms with Crippen molar-refractivity contribution in [2.75, 3.05) is 35.2 Å². The molecule has 7 rings (SSSR count). The number of nitrogens with one attached hydrogen (secondary N) is 4. The number of aromatic nitrogens is 4. The molecule has 3 aromatic carbocycles. The third kappa shape index (κ3) is 5.06. The van der Waals surface area contributed by atoms with Gasteiger partial charge < -0.3 is 20.9 Å². The highest BCUT2D eigenvalue weighted by Gasteiger charge is 2.35. The van der Waals surface area contributed by atoms with Gasteiger partial charge in [0.25, 0.3) is 0 Å². The lowest BCUT2D eigenvalue weighted by molar-refractivity contribution is -0.122. The number of carbonyl (C=O) groups excluding carboxylic acids is 1. The Morgan fingerprint density at radius 1 is 0.927 bits per heavy atom. The maximum atomic E-state index is 13.5. The van der Waals surface area contributed by atoms with Crippen LogP contribution in [0.4, 0.5) is 17.5 Å². The van der Waals surface area contributed by atoms with E-state index in [0.29, 0.717) is 37.1 Å². The highest BCUT2D eigenvalue weighted by atomic mass is 16.1. The molecular weight excluding hydrogens is 512 g/mol. The van der Waals surface area contributed by atoms with Crippen molar-refractivity contribution in [1.82, 2.24) is 25.5 Å². The molecule has 2 aromatic heterocycles. The predicted molar refractivity (Wildman–Crippen MR) is 161 cm³/mol. The maximum absolute atomic E-state index is 13.5. The molecule has 2 aliphatic rings. The number of rotatable bonds is 9. The SMILES string of the molecule is O=C(NCc1ccccc1)C1CN(Cc2ccccc2)c2nc(NCCC3CNc4ccccc43)nc3n[nH]c1c23. The molecule has 1 amide bonds. The molecule has 4 heterocycles. The summed E-state index contributed by atoms with van der Waals surface area (Å²) < 4.78 is 0. The molecule has 0 saturated heterocycles. The van der Waals surface area contributed by atoms with Crippen molar-refractivity contribution in [3.8, 4) is 0 Å². The van der Waals surface area contributed by atoms with Crippen molar-refractivity contribution >= 4 is 34.4 Å². The first-order valence-electron chi connectivity index (χ1n) is 14.2. The Morgan fingerprint density at radius 2 is 1.68 bits per heavy atom. The zero-order valence-electron chi connectivity index (χ0n) is 22.7. The van der Waals surface area contributed by atoms with Gasteiger partial charge >= 0.3 is 0 Å². The fourth-order valence-corrected chi connectivity index (χ4v) is 5.92. The highest BCUT2D eigenvalue weighted by Crippen LogP contribution is 2.38. The van der Waals surface area contributed by atoms with Crippen LogP contribution in [0, 0.1) is 0 Å². The summed E-state index contributed by atoms with van der Waals surface area (Å²) in [6.45, 7) is 3.27. The summed E-state index contributed by atoms with van der Waals surface area (Å²) in [7, 11) is 0. The number of H-pyrrole nitrogens is 1. The number of amides is 1. The van der Waals surface area contributed by atoms with Gasteiger partial charge in [-0.15, -0.1) is 0 Å². The Bertz CT molecular complexity index is 1670. The molecule has 0 spiro atoms. The van der Waals surface area contributed by atoms with E-state index in [-0.39, 0.29) is 5.91 Å². The second kappa shape index (κ2) is 10.9. The summed E-state index contributed by atoms with van der Waals surface area (Å²) in [5.74, 6) is 1.33. The predicted octanol–water partition coefficient (Wildman–Crippen LogP) is 4.78. The summed E-state index contributed by atoms with van der Waals surface area (Å²) in [5.41, 5.74) is 6.13. The molecule has 9 heteroatoms. The number of para-hydroxylation sites is 1. The summed E-state index contributed by atoms with van der Waals surface area (Å²) >= 11 is 0. The fourth-order valence-electron chi connectivity index (χ4n) is 5.92. The van der Waals surface area contributed by atoms with E-state index in [1.807, 2.05) is 48.5 Å². The smallest absolute Gasteiger partial charge is 0.231 e. The standard InChI is InChI=1S/C32H32N8O/c41-31(35-17-21-9-3-1-4-10-21)25-20-40(19-22-11-5-2-6-12-22)30-27-28(25)38-39-29(27)36-32(37-30)33-16-15-23-18-34-26-14-8-7-13-24(23)26/h1-14,23,25,34H,15-20H2,(H,35,41)(H2,33,36,37,38,39). The number of hydrogen-bond donors (Lipinski definition) is 4. The van der Waals surface area contributed by atoms with Crippen LogP contribution < -0.4 is 20.9 Å². The topological polar surface area (TPSA) is 111 Å². The minimum atomic E-state index is -0.419. The summed E-state index contributed by atoms with van der Waals surface area (Å²) in [6.07, 6.45) is 0.962. The summed E-state index contributed by atoms with van der Waals surface area (Å²) in [6, 6.07) is 28.7. The van der Waals surface area contributed by atoms with Crippen molar-refractivity contribution in [2.45, 2.75) is 31.3 Å². The van der Waals surface area contributed by atoms with E-state index in [4.69, 9.17) is 9.97 Å². The average Bonchev–Trinajstić information content (AvgIpc) is 3.63. The van der Waals surface area contributed by atoms with Crippen LogP contribution in [0.15, 0.2) is 84.9 Å². The number of hydrogen-bond acceptors (Lipinski definition) is 7. The van der Waals surface area contributed by atoms with Crippen LogP contribution in [-0.4, -0.2) is 45.7 Å². The number of anilines is 3. The molecular formula is C32H32N8O. The average molecular weight is 545 g/mol. The molecule has 0 saturated carbocycles. The van der Waals surface area contributed by atoms with Crippen LogP contribution >= 0.6 is 0 Å². The number of aromatic amines is 1. The van der Waals surface area contributed by atoms with Gasteiger partial charge in [0.2, 0.25) is 11.9 Å². The van der Waals surface area contributed by atoms with Gasteiger partial charge in [0.05, 0.1) is 17.0 Å². The summed E-state index contributed by atoms with van der Waals surface area (Å²) in [5, 5.41) is 18.5. The van der Waals surface area contributed by atoms with Gasteiger partial charge in [-0.05, 0) is 29.2 Å². The molecule has 0 bridgehead atoms. The Balaban J connectivity index is 1.14. The van der Waals surface area contributed by atoms with E-state index >= 15 is 0 Å². The molecule has 2 aliphatic heterocycles. The van der Waals surface area contributed by atoms with E-state index in [1.165, 1.54) is 11.3 Å². The molecule has 0 fully saturated rings. The van der Waals surface area contributed by atoms with E-state index in [0.717, 1.165) is 47.5 Å². The third-order valence-electron chi connectivity index (χ3n) is 8.03. The molecule has 0 radical (unpaired) electrons. The Morgan fingerprint density at radius 3 is 2.51 bits per heavy atom. The van der Waals surface area contributed by atoms with Crippen LogP contribution in [0.3, 0.4) is 0 Å². The number of fused-ring (bicyclic) bond motifs is 1. The van der Waals surface area contributed by atoms with Gasteiger partial charge in [-0.1, -0.05) is 78.9 Å². The molecule has 206 valence electrons. The van der Waals surface area contributed by atoms with Gasteiger partial charge in [0.1, 0.15) is 5.82 Å². The van der Waals surface area contributed by atoms with Crippen LogP contribution in [0.2, 0.25) is 0 Å². The minimum absolute atomic E-state index is 0.0456. The minimum Gasteiger partial charge on any atom is -0.384 e. The molecule has 9 nitrogen and oxygen atoms in total. The van der Waals surface area contributed by atoms with Crippen molar-refractivity contribution in [2.24, 2.45) is 0 Å². The first kappa shape index (κ1) is 25.1. The van der Waals surface area contributed by atoms with Gasteiger partial charge in [0.15, 0.2) is 5.65 Å². The van der Waals surface area contributed by atoms with Crippen LogP contribution in [-0.2, 0) is 17.9 Å². The zero-order valence-corrected chi connectivity index (χ0v) is 22.7. The fraction of sp³-hybridized carbons (Fsp3) is 0.250. The zero-order chi connectivity index (χ0) is 27.6. The van der Waals surface area contributed by atoms with E-state index in [9.17, 15) is 4.79 Å². The van der Waals surface area contributed by atoms with E-state index < -0.39 is 5.92 Å². The van der Waals surface area contributed by atoms with Crippen molar-refractivity contribution < 1.29 is 4.79 Å². The molecule has 41 heavy (non-hydrogen) atoms. The largest absolute Gasteiger partial charge is 0.384 e. The summed E-state index contributed by atoms with van der Waals surface area (Å²) in [4.78, 5) is 25.4. The van der Waals surface area contributed by atoms with Crippen LogP contribution in [0.25, 0.3) is 11.0 Å². The van der Waals surface area contributed by atoms with Crippen LogP contribution in [0.5, 0.6) is 0 Å². The Labute approximate surface area is 238 Å². The Hall–Kier alpha value is -4.92.